The van der Waals surface area contributed by atoms with Crippen molar-refractivity contribution in [3.63, 3.8) is 0 Å². The molecule has 0 fully saturated rings. The van der Waals surface area contributed by atoms with E-state index in [-0.39, 0.29) is 11.5 Å². The fraction of sp³-hybridized carbons (Fsp3) is 0.222. The normalized spacial score (nSPS) is 21.9. The lowest BCUT2D eigenvalue weighted by Gasteiger charge is -2.19. The van der Waals surface area contributed by atoms with Crippen LogP contribution in [0.25, 0.3) is 10.9 Å². The summed E-state index contributed by atoms with van der Waals surface area (Å²) in [5.74, 6) is 0.917. The lowest BCUT2D eigenvalue weighted by atomic mass is 9.85. The quantitative estimate of drug-likeness (QED) is 0.764. The number of aromatic nitrogens is 2. The number of halogens is 2. The van der Waals surface area contributed by atoms with Crippen molar-refractivity contribution in [3.05, 3.63) is 74.1 Å². The Morgan fingerprint density at radius 2 is 1.96 bits per heavy atom. The fourth-order valence-corrected chi connectivity index (χ4v) is 4.57. The predicted molar refractivity (Wildman–Crippen MR) is 89.8 cm³/mol. The van der Waals surface area contributed by atoms with Crippen molar-refractivity contribution in [2.45, 2.75) is 18.9 Å². The van der Waals surface area contributed by atoms with Gasteiger partial charge in [-0.15, -0.1) is 0 Å². The molecule has 1 atom stereocenters. The van der Waals surface area contributed by atoms with Crippen LogP contribution in [-0.2, 0) is 6.54 Å². The van der Waals surface area contributed by atoms with Crippen LogP contribution in [0.1, 0.15) is 18.2 Å². The highest BCUT2D eigenvalue weighted by atomic mass is 79.9. The first-order chi connectivity index (χ1) is 11.1. The molecule has 5 rings (SSSR count). The maximum atomic E-state index is 13.6. The molecule has 2 heterocycles. The molecule has 0 saturated heterocycles. The third kappa shape index (κ3) is 1.74. The van der Waals surface area contributed by atoms with Crippen molar-refractivity contribution in [2.75, 3.05) is 0 Å². The molecule has 2 aliphatic carbocycles. The molecule has 3 aliphatic rings. The Labute approximate surface area is 140 Å². The third-order valence-electron chi connectivity index (χ3n) is 5.06. The molecule has 1 aromatic carbocycles. The summed E-state index contributed by atoms with van der Waals surface area (Å²) >= 11 is 3.34. The average molecular weight is 371 g/mol. The Bertz CT molecular complexity index is 1010. The summed E-state index contributed by atoms with van der Waals surface area (Å²) < 4.78 is 15.9. The molecule has 3 nitrogen and oxygen atoms in total. The highest BCUT2D eigenvalue weighted by Gasteiger charge is 2.38. The summed E-state index contributed by atoms with van der Waals surface area (Å²) in [6.07, 6.45) is 9.47. The van der Waals surface area contributed by atoms with E-state index in [0.29, 0.717) is 27.8 Å². The van der Waals surface area contributed by atoms with Gasteiger partial charge >= 0.3 is 0 Å². The van der Waals surface area contributed by atoms with Crippen LogP contribution in [-0.4, -0.2) is 9.55 Å². The molecule has 1 aliphatic heterocycles. The zero-order valence-electron chi connectivity index (χ0n) is 12.1. The first kappa shape index (κ1) is 13.4. The maximum absolute atomic E-state index is 13.6. The molecule has 0 spiro atoms. The number of hydrogen-bond donors (Lipinski definition) is 0. The van der Waals surface area contributed by atoms with Crippen molar-refractivity contribution in [2.24, 2.45) is 5.92 Å². The Kier molecular flexibility index (Phi) is 2.63. The van der Waals surface area contributed by atoms with E-state index < -0.39 is 5.82 Å². The van der Waals surface area contributed by atoms with Crippen molar-refractivity contribution in [1.82, 2.24) is 9.55 Å². The highest BCUT2D eigenvalue weighted by Crippen LogP contribution is 2.47. The Morgan fingerprint density at radius 1 is 1.22 bits per heavy atom. The van der Waals surface area contributed by atoms with Gasteiger partial charge in [0.1, 0.15) is 11.6 Å². The summed E-state index contributed by atoms with van der Waals surface area (Å²) in [6.45, 7) is 0.646. The molecule has 1 aromatic heterocycles. The molecule has 0 amide bonds. The Hall–Kier alpha value is -2.01. The molecule has 5 heteroatoms. The van der Waals surface area contributed by atoms with Gasteiger partial charge in [0, 0.05) is 22.9 Å². The van der Waals surface area contributed by atoms with E-state index in [0.717, 1.165) is 12.2 Å². The van der Waals surface area contributed by atoms with E-state index in [4.69, 9.17) is 4.98 Å². The second-order valence-corrected chi connectivity index (χ2v) is 7.10. The molecule has 1 unspecified atom stereocenters. The summed E-state index contributed by atoms with van der Waals surface area (Å²) in [4.78, 5) is 17.5. The van der Waals surface area contributed by atoms with Crippen molar-refractivity contribution in [1.29, 1.82) is 0 Å². The van der Waals surface area contributed by atoms with Crippen LogP contribution >= 0.6 is 15.9 Å². The van der Waals surface area contributed by atoms with Crippen molar-refractivity contribution in [3.8, 4) is 0 Å². The smallest absolute Gasteiger partial charge is 0.261 e. The van der Waals surface area contributed by atoms with Gasteiger partial charge in [-0.05, 0) is 45.6 Å². The number of nitrogens with zero attached hydrogens (tertiary/aromatic N) is 2. The maximum Gasteiger partial charge on any atom is 0.261 e. The van der Waals surface area contributed by atoms with Gasteiger partial charge in [0.15, 0.2) is 0 Å². The topological polar surface area (TPSA) is 34.9 Å². The number of hydrogen-bond acceptors (Lipinski definition) is 2. The van der Waals surface area contributed by atoms with E-state index in [2.05, 4.69) is 40.2 Å². The largest absolute Gasteiger partial charge is 0.296 e. The summed E-state index contributed by atoms with van der Waals surface area (Å²) in [7, 11) is 0. The van der Waals surface area contributed by atoms with E-state index in [1.807, 2.05) is 0 Å². The van der Waals surface area contributed by atoms with Crippen LogP contribution in [0.4, 0.5) is 4.39 Å². The summed E-state index contributed by atoms with van der Waals surface area (Å²) in [5, 5.41) is 0.340. The predicted octanol–water partition coefficient (Wildman–Crippen LogP) is 3.84. The molecular formula is C18H12BrFN2O. The Balaban J connectivity index is 1.74. The molecule has 2 aromatic rings. The fourth-order valence-electron chi connectivity index (χ4n) is 4.05. The lowest BCUT2D eigenvalue weighted by Crippen LogP contribution is -2.22. The van der Waals surface area contributed by atoms with Crippen molar-refractivity contribution >= 4 is 26.8 Å². The van der Waals surface area contributed by atoms with Gasteiger partial charge in [-0.2, -0.15) is 0 Å². The Morgan fingerprint density at radius 3 is 2.65 bits per heavy atom. The van der Waals surface area contributed by atoms with Gasteiger partial charge < -0.3 is 0 Å². The van der Waals surface area contributed by atoms with Crippen LogP contribution in [0.5, 0.6) is 0 Å². The zero-order chi connectivity index (χ0) is 15.7. The van der Waals surface area contributed by atoms with E-state index >= 15 is 0 Å². The van der Waals surface area contributed by atoms with Gasteiger partial charge in [-0.3, -0.25) is 9.36 Å². The first-order valence-corrected chi connectivity index (χ1v) is 8.42. The number of benzene rings is 1. The second kappa shape index (κ2) is 4.51. The average Bonchev–Trinajstić information content (AvgIpc) is 3.21. The van der Waals surface area contributed by atoms with Crippen LogP contribution in [0.15, 0.2) is 56.9 Å². The van der Waals surface area contributed by atoms with Crippen LogP contribution in [0.3, 0.4) is 0 Å². The number of rotatable bonds is 1. The van der Waals surface area contributed by atoms with E-state index in [1.54, 1.807) is 4.57 Å². The van der Waals surface area contributed by atoms with Gasteiger partial charge in [-0.1, -0.05) is 24.3 Å². The minimum absolute atomic E-state index is 0.144. The SMILES string of the molecule is O=c1c2cc(F)cc(Br)c2nc2n1CCC2C1C2=CC=C1C=C2. The second-order valence-electron chi connectivity index (χ2n) is 6.25. The molecular weight excluding hydrogens is 359 g/mol. The van der Waals surface area contributed by atoms with Crippen LogP contribution < -0.4 is 5.56 Å². The summed E-state index contributed by atoms with van der Waals surface area (Å²) in [6, 6.07) is 2.64. The van der Waals surface area contributed by atoms with Crippen LogP contribution in [0, 0.1) is 11.7 Å². The van der Waals surface area contributed by atoms with Gasteiger partial charge in [-0.25, -0.2) is 9.37 Å². The van der Waals surface area contributed by atoms with Gasteiger partial charge in [0.25, 0.3) is 5.56 Å². The van der Waals surface area contributed by atoms with Crippen molar-refractivity contribution < 1.29 is 4.39 Å². The minimum Gasteiger partial charge on any atom is -0.296 e. The molecule has 0 N–H and O–H groups in total. The summed E-state index contributed by atoms with van der Waals surface area (Å²) in [5.41, 5.74) is 3.00. The highest BCUT2D eigenvalue weighted by molar-refractivity contribution is 9.10. The van der Waals surface area contributed by atoms with Gasteiger partial charge in [0.05, 0.1) is 10.9 Å². The number of fused-ring (bicyclic) bond motifs is 4. The van der Waals surface area contributed by atoms with E-state index in [1.165, 1.54) is 23.3 Å². The monoisotopic (exact) mass is 370 g/mol. The van der Waals surface area contributed by atoms with E-state index in [9.17, 15) is 9.18 Å². The number of allylic oxidation sites excluding steroid dienone is 6. The standard InChI is InChI=1S/C18H12BrFN2O/c19-14-8-11(20)7-13-16(14)21-17-12(5-6-22(17)18(13)23)15-9-1-2-10(15)4-3-9/h1-4,7-8,12,15H,5-6H2. The first-order valence-electron chi connectivity index (χ1n) is 7.63. The van der Waals surface area contributed by atoms with Gasteiger partial charge in [0.2, 0.25) is 0 Å². The lowest BCUT2D eigenvalue weighted by molar-refractivity contribution is 0.560. The molecule has 2 bridgehead atoms. The molecule has 0 radical (unpaired) electrons. The minimum atomic E-state index is -0.424. The zero-order valence-corrected chi connectivity index (χ0v) is 13.7. The molecule has 114 valence electrons. The molecule has 0 saturated carbocycles. The third-order valence-corrected chi connectivity index (χ3v) is 5.66. The molecule has 23 heavy (non-hydrogen) atoms. The van der Waals surface area contributed by atoms with Crippen LogP contribution in [0.2, 0.25) is 0 Å².